The Labute approximate surface area is 357 Å². The minimum atomic E-state index is -0.390. The summed E-state index contributed by atoms with van der Waals surface area (Å²) in [5.74, 6) is 1.68. The largest absolute Gasteiger partial charge is 0.498 e. The Hall–Kier alpha value is -1.07. The molecule has 0 spiro atoms. The molecule has 0 aromatic carbocycles. The van der Waals surface area contributed by atoms with Gasteiger partial charge >= 0.3 is 5.97 Å². The highest BCUT2D eigenvalue weighted by Gasteiger charge is 2.24. The zero-order valence-electron chi connectivity index (χ0n) is 39.3. The van der Waals surface area contributed by atoms with Gasteiger partial charge in [0.05, 0.1) is 19.0 Å². The topological polar surface area (TPSA) is 50.8 Å². The lowest BCUT2D eigenvalue weighted by atomic mass is 9.94. The lowest BCUT2D eigenvalue weighted by Gasteiger charge is -2.24. The number of hydrogen-bond acceptors (Lipinski definition) is 5. The van der Waals surface area contributed by atoms with Crippen LogP contribution in [0, 0.1) is 11.8 Å². The molecule has 0 aliphatic carbocycles. The number of nitrogens with one attached hydrogen (secondary N) is 1. The maximum Gasteiger partial charge on any atom is 0.323 e. The molecule has 0 aromatic heterocycles. The fourth-order valence-electron chi connectivity index (χ4n) is 8.83. The number of likely N-dealkylation sites (tertiary alicyclic amines) is 1. The summed E-state index contributed by atoms with van der Waals surface area (Å²) in [6.07, 6.45) is 46.6. The third-order valence-electron chi connectivity index (χ3n) is 12.8. The standard InChI is InChI=1S/C52H102N2O3/c1-6-10-14-18-22-24-28-32-38-49(37-30-26-20-16-12-8-3)46-56-48(5)45-51(53-41-36-44-54-42-34-35-43-54)52(55)57-47-50(39-31-27-21-17-13-9-4)40-33-29-25-23-19-15-11-7-2/h49-51,53H,5-47H2,1-4H3. The Morgan fingerprint density at radius 3 is 1.25 bits per heavy atom. The predicted molar refractivity (Wildman–Crippen MR) is 250 cm³/mol. The van der Waals surface area contributed by atoms with Gasteiger partial charge < -0.3 is 19.7 Å². The summed E-state index contributed by atoms with van der Waals surface area (Å²) in [6.45, 7) is 19.2. The minimum absolute atomic E-state index is 0.104. The molecular weight excluding hydrogens is 701 g/mol. The van der Waals surface area contributed by atoms with Crippen molar-refractivity contribution in [2.24, 2.45) is 11.8 Å². The molecule has 57 heavy (non-hydrogen) atoms. The van der Waals surface area contributed by atoms with E-state index in [0.29, 0.717) is 24.9 Å². The van der Waals surface area contributed by atoms with E-state index < -0.39 is 6.04 Å². The van der Waals surface area contributed by atoms with Crippen LogP contribution in [0.5, 0.6) is 0 Å². The third kappa shape index (κ3) is 34.4. The molecular formula is C52H102N2O3. The van der Waals surface area contributed by atoms with Gasteiger partial charge in [0.2, 0.25) is 0 Å². The van der Waals surface area contributed by atoms with Crippen LogP contribution in [0.3, 0.4) is 0 Å². The smallest absolute Gasteiger partial charge is 0.323 e. The highest BCUT2D eigenvalue weighted by atomic mass is 16.5. The molecule has 3 unspecified atom stereocenters. The Morgan fingerprint density at radius 2 is 0.860 bits per heavy atom. The SMILES string of the molecule is C=C(CC(NCCCN1CCCC1)C(=O)OCC(CCCCCCCC)CCCCCCCCCC)OCC(CCCCCCCC)CCCCCCCCCC. The Balaban J connectivity index is 2.76. The molecule has 1 aliphatic rings. The number of carbonyl (C=O) groups excluding carboxylic acids is 1. The Bertz CT molecular complexity index is 858. The summed E-state index contributed by atoms with van der Waals surface area (Å²) >= 11 is 0. The van der Waals surface area contributed by atoms with E-state index in [9.17, 15) is 4.79 Å². The molecule has 0 radical (unpaired) electrons. The molecule has 0 saturated carbocycles. The first-order valence-electron chi connectivity index (χ1n) is 26.0. The minimum Gasteiger partial charge on any atom is -0.498 e. The zero-order valence-corrected chi connectivity index (χ0v) is 39.3. The van der Waals surface area contributed by atoms with Gasteiger partial charge in [-0.1, -0.05) is 214 Å². The zero-order chi connectivity index (χ0) is 41.3. The van der Waals surface area contributed by atoms with E-state index >= 15 is 0 Å². The number of hydrogen-bond donors (Lipinski definition) is 1. The fourth-order valence-corrected chi connectivity index (χ4v) is 8.83. The van der Waals surface area contributed by atoms with Crippen LogP contribution in [0.25, 0.3) is 0 Å². The Kier molecular flexibility index (Phi) is 39.4. The van der Waals surface area contributed by atoms with E-state index in [1.807, 2.05) is 0 Å². The predicted octanol–water partition coefficient (Wildman–Crippen LogP) is 15.7. The van der Waals surface area contributed by atoms with Gasteiger partial charge in [-0.05, 0) is 83.0 Å². The summed E-state index contributed by atoms with van der Waals surface area (Å²) < 4.78 is 12.7. The van der Waals surface area contributed by atoms with Crippen molar-refractivity contribution in [3.05, 3.63) is 12.3 Å². The van der Waals surface area contributed by atoms with E-state index in [0.717, 1.165) is 31.9 Å². The molecule has 338 valence electrons. The van der Waals surface area contributed by atoms with Crippen molar-refractivity contribution in [1.29, 1.82) is 0 Å². The van der Waals surface area contributed by atoms with Crippen molar-refractivity contribution in [2.75, 3.05) is 39.4 Å². The number of ether oxygens (including phenoxy) is 2. The van der Waals surface area contributed by atoms with Gasteiger partial charge in [-0.3, -0.25) is 4.79 Å². The number of nitrogens with zero attached hydrogens (tertiary/aromatic N) is 1. The van der Waals surface area contributed by atoms with Gasteiger partial charge in [0.15, 0.2) is 0 Å². The maximum atomic E-state index is 13.9. The number of carbonyl (C=O) groups is 1. The number of unbranched alkanes of at least 4 members (excludes halogenated alkanes) is 24. The summed E-state index contributed by atoms with van der Waals surface area (Å²) in [6, 6.07) is -0.390. The van der Waals surface area contributed by atoms with E-state index in [2.05, 4.69) is 44.5 Å². The quantitative estimate of drug-likeness (QED) is 0.0378. The van der Waals surface area contributed by atoms with Crippen LogP contribution >= 0.6 is 0 Å². The average molecular weight is 803 g/mol. The summed E-state index contributed by atoms with van der Waals surface area (Å²) in [5, 5.41) is 3.62. The fraction of sp³-hybridized carbons (Fsp3) is 0.942. The van der Waals surface area contributed by atoms with Crippen LogP contribution in [-0.2, 0) is 14.3 Å². The number of rotatable bonds is 45. The van der Waals surface area contributed by atoms with Crippen molar-refractivity contribution in [1.82, 2.24) is 10.2 Å². The van der Waals surface area contributed by atoms with Gasteiger partial charge in [-0.15, -0.1) is 0 Å². The molecule has 1 saturated heterocycles. The van der Waals surface area contributed by atoms with E-state index in [1.165, 1.54) is 231 Å². The van der Waals surface area contributed by atoms with Crippen LogP contribution < -0.4 is 5.32 Å². The first-order chi connectivity index (χ1) is 28.0. The summed E-state index contributed by atoms with van der Waals surface area (Å²) in [4.78, 5) is 16.4. The van der Waals surface area contributed by atoms with E-state index in [-0.39, 0.29) is 5.97 Å². The molecule has 3 atom stereocenters. The molecule has 0 amide bonds. The maximum absolute atomic E-state index is 13.9. The Morgan fingerprint density at radius 1 is 0.509 bits per heavy atom. The monoisotopic (exact) mass is 803 g/mol. The summed E-state index contributed by atoms with van der Waals surface area (Å²) in [7, 11) is 0. The van der Waals surface area contributed by atoms with Crippen molar-refractivity contribution in [3.8, 4) is 0 Å². The normalized spacial score (nSPS) is 14.9. The van der Waals surface area contributed by atoms with E-state index in [4.69, 9.17) is 9.47 Å². The van der Waals surface area contributed by atoms with Crippen LogP contribution in [0.2, 0.25) is 0 Å². The second kappa shape index (κ2) is 41.7. The molecule has 1 fully saturated rings. The molecule has 1 heterocycles. The average Bonchev–Trinajstić information content (AvgIpc) is 3.74. The second-order valence-electron chi connectivity index (χ2n) is 18.5. The van der Waals surface area contributed by atoms with Crippen LogP contribution in [0.15, 0.2) is 12.3 Å². The lowest BCUT2D eigenvalue weighted by Crippen LogP contribution is -2.40. The van der Waals surface area contributed by atoms with Gasteiger partial charge in [0.1, 0.15) is 6.04 Å². The molecule has 5 nitrogen and oxygen atoms in total. The van der Waals surface area contributed by atoms with Gasteiger partial charge in [0, 0.05) is 6.42 Å². The van der Waals surface area contributed by atoms with Crippen molar-refractivity contribution < 1.29 is 14.3 Å². The van der Waals surface area contributed by atoms with Gasteiger partial charge in [-0.25, -0.2) is 0 Å². The van der Waals surface area contributed by atoms with Crippen LogP contribution in [-0.4, -0.2) is 56.3 Å². The second-order valence-corrected chi connectivity index (χ2v) is 18.5. The number of esters is 1. The molecule has 0 aromatic rings. The summed E-state index contributed by atoms with van der Waals surface area (Å²) in [5.41, 5.74) is 0. The van der Waals surface area contributed by atoms with Gasteiger partial charge in [-0.2, -0.15) is 0 Å². The van der Waals surface area contributed by atoms with E-state index in [1.54, 1.807) is 0 Å². The first-order valence-corrected chi connectivity index (χ1v) is 26.0. The molecule has 1 rings (SSSR count). The molecule has 5 heteroatoms. The third-order valence-corrected chi connectivity index (χ3v) is 12.8. The molecule has 1 N–H and O–H groups in total. The van der Waals surface area contributed by atoms with Gasteiger partial charge in [0.25, 0.3) is 0 Å². The first kappa shape index (κ1) is 53.9. The van der Waals surface area contributed by atoms with Crippen LogP contribution in [0.1, 0.15) is 259 Å². The van der Waals surface area contributed by atoms with Crippen molar-refractivity contribution >= 4 is 5.97 Å². The van der Waals surface area contributed by atoms with Crippen molar-refractivity contribution in [3.63, 3.8) is 0 Å². The van der Waals surface area contributed by atoms with Crippen LogP contribution in [0.4, 0.5) is 0 Å². The van der Waals surface area contributed by atoms with Crippen molar-refractivity contribution in [2.45, 2.75) is 265 Å². The molecule has 1 aliphatic heterocycles. The highest BCUT2D eigenvalue weighted by Crippen LogP contribution is 2.23. The highest BCUT2D eigenvalue weighted by molar-refractivity contribution is 5.76. The molecule has 0 bridgehead atoms. The lowest BCUT2D eigenvalue weighted by molar-refractivity contribution is -0.148.